The van der Waals surface area contributed by atoms with Gasteiger partial charge >= 0.3 is 0 Å². The molecule has 0 unspecified atom stereocenters. The van der Waals surface area contributed by atoms with Crippen LogP contribution >= 0.6 is 0 Å². The smallest absolute Gasteiger partial charge is 0.248 e. The van der Waals surface area contributed by atoms with Crippen LogP contribution in [0.1, 0.15) is 36.5 Å². The van der Waals surface area contributed by atoms with Crippen molar-refractivity contribution in [1.82, 2.24) is 0 Å². The Bertz CT molecular complexity index is 955. The molecule has 3 rings (SSSR count). The van der Waals surface area contributed by atoms with Crippen molar-refractivity contribution < 1.29 is 4.79 Å². The van der Waals surface area contributed by atoms with Gasteiger partial charge in [-0.05, 0) is 54.3 Å². The summed E-state index contributed by atoms with van der Waals surface area (Å²) in [6.45, 7) is 6.39. The Labute approximate surface area is 167 Å². The van der Waals surface area contributed by atoms with Crippen molar-refractivity contribution in [3.8, 4) is 0 Å². The van der Waals surface area contributed by atoms with Crippen LogP contribution < -0.4 is 10.6 Å². The molecular weight excluding hydrogens is 344 g/mol. The summed E-state index contributed by atoms with van der Waals surface area (Å²) in [4.78, 5) is 12.4. The molecule has 0 heterocycles. The zero-order valence-corrected chi connectivity index (χ0v) is 16.6. The van der Waals surface area contributed by atoms with Gasteiger partial charge < -0.3 is 10.6 Å². The number of anilines is 3. The van der Waals surface area contributed by atoms with Crippen molar-refractivity contribution in [3.05, 3.63) is 95.6 Å². The summed E-state index contributed by atoms with van der Waals surface area (Å²) in [6.07, 6.45) is 3.39. The second-order valence-corrected chi connectivity index (χ2v) is 7.18. The molecule has 0 aromatic heterocycles. The standard InChI is InChI=1S/C25H26N2O/c1-18(2)21-13-10-20(11-14-21)12-17-25(28)27-24-7-5-4-6-23(24)26-22-15-8-19(3)9-16-22/h4-18,26H,1-3H3,(H,27,28)/b17-12+. The first kappa shape index (κ1) is 19.4. The maximum absolute atomic E-state index is 12.4. The molecule has 0 saturated carbocycles. The largest absolute Gasteiger partial charge is 0.354 e. The van der Waals surface area contributed by atoms with Crippen molar-refractivity contribution in [3.63, 3.8) is 0 Å². The van der Waals surface area contributed by atoms with E-state index < -0.39 is 0 Å². The lowest BCUT2D eigenvalue weighted by atomic mass is 10.0. The highest BCUT2D eigenvalue weighted by Crippen LogP contribution is 2.25. The monoisotopic (exact) mass is 370 g/mol. The molecular formula is C25H26N2O. The lowest BCUT2D eigenvalue weighted by Crippen LogP contribution is -2.09. The van der Waals surface area contributed by atoms with Crippen LogP contribution in [0.4, 0.5) is 17.1 Å². The highest BCUT2D eigenvalue weighted by Gasteiger charge is 2.05. The van der Waals surface area contributed by atoms with Crippen LogP contribution in [0.2, 0.25) is 0 Å². The third-order valence-corrected chi connectivity index (χ3v) is 4.55. The molecule has 1 amide bonds. The summed E-state index contributed by atoms with van der Waals surface area (Å²) < 4.78 is 0. The Morgan fingerprint density at radius 2 is 1.50 bits per heavy atom. The predicted molar refractivity (Wildman–Crippen MR) is 119 cm³/mol. The second kappa shape index (κ2) is 9.05. The Morgan fingerprint density at radius 3 is 2.14 bits per heavy atom. The summed E-state index contributed by atoms with van der Waals surface area (Å²) in [5, 5.41) is 6.31. The van der Waals surface area contributed by atoms with Crippen LogP contribution in [0.15, 0.2) is 78.9 Å². The topological polar surface area (TPSA) is 41.1 Å². The molecule has 3 aromatic carbocycles. The van der Waals surface area contributed by atoms with Gasteiger partial charge in [-0.1, -0.05) is 67.9 Å². The molecule has 0 saturated heterocycles. The minimum atomic E-state index is -0.161. The highest BCUT2D eigenvalue weighted by atomic mass is 16.1. The molecule has 2 N–H and O–H groups in total. The van der Waals surface area contributed by atoms with Crippen LogP contribution in [0.5, 0.6) is 0 Å². The molecule has 3 nitrogen and oxygen atoms in total. The summed E-state index contributed by atoms with van der Waals surface area (Å²) >= 11 is 0. The normalized spacial score (nSPS) is 11.0. The van der Waals surface area contributed by atoms with Gasteiger partial charge in [-0.3, -0.25) is 4.79 Å². The molecule has 28 heavy (non-hydrogen) atoms. The van der Waals surface area contributed by atoms with E-state index >= 15 is 0 Å². The van der Waals surface area contributed by atoms with Gasteiger partial charge in [0.25, 0.3) is 0 Å². The number of aryl methyl sites for hydroxylation is 1. The average Bonchev–Trinajstić information content (AvgIpc) is 2.70. The van der Waals surface area contributed by atoms with Crippen LogP contribution in [0, 0.1) is 6.92 Å². The number of nitrogens with one attached hydrogen (secondary N) is 2. The van der Waals surface area contributed by atoms with Crippen LogP contribution in [-0.2, 0) is 4.79 Å². The van der Waals surface area contributed by atoms with Crippen LogP contribution in [-0.4, -0.2) is 5.91 Å². The number of para-hydroxylation sites is 2. The van der Waals surface area contributed by atoms with Crippen LogP contribution in [0.25, 0.3) is 6.08 Å². The molecule has 0 aliphatic rings. The van der Waals surface area contributed by atoms with Gasteiger partial charge in [0.15, 0.2) is 0 Å². The summed E-state index contributed by atoms with van der Waals surface area (Å²) in [7, 11) is 0. The van der Waals surface area contributed by atoms with Crippen molar-refractivity contribution in [2.75, 3.05) is 10.6 Å². The quantitative estimate of drug-likeness (QED) is 0.485. The van der Waals surface area contributed by atoms with Gasteiger partial charge in [0, 0.05) is 11.8 Å². The zero-order valence-electron chi connectivity index (χ0n) is 16.6. The van der Waals surface area contributed by atoms with Gasteiger partial charge in [0.2, 0.25) is 5.91 Å². The first-order valence-electron chi connectivity index (χ1n) is 9.53. The Balaban J connectivity index is 1.67. The molecule has 142 valence electrons. The maximum Gasteiger partial charge on any atom is 0.248 e. The number of carbonyl (C=O) groups excluding carboxylic acids is 1. The van der Waals surface area contributed by atoms with Crippen molar-refractivity contribution in [1.29, 1.82) is 0 Å². The highest BCUT2D eigenvalue weighted by molar-refractivity contribution is 6.04. The number of carbonyl (C=O) groups is 1. The first-order chi connectivity index (χ1) is 13.5. The number of benzene rings is 3. The van der Waals surface area contributed by atoms with Crippen molar-refractivity contribution >= 4 is 29.0 Å². The lowest BCUT2D eigenvalue weighted by Gasteiger charge is -2.12. The molecule has 0 aliphatic carbocycles. The average molecular weight is 370 g/mol. The van der Waals surface area contributed by atoms with E-state index in [1.54, 1.807) is 6.08 Å². The SMILES string of the molecule is Cc1ccc(Nc2ccccc2NC(=O)/C=C/c2ccc(C(C)C)cc2)cc1. The van der Waals surface area contributed by atoms with Gasteiger partial charge in [-0.2, -0.15) is 0 Å². The van der Waals surface area contributed by atoms with Crippen molar-refractivity contribution in [2.24, 2.45) is 0 Å². The van der Waals surface area contributed by atoms with Gasteiger partial charge in [-0.25, -0.2) is 0 Å². The number of hydrogen-bond acceptors (Lipinski definition) is 2. The van der Waals surface area contributed by atoms with E-state index in [1.165, 1.54) is 11.1 Å². The fourth-order valence-electron chi connectivity index (χ4n) is 2.83. The minimum Gasteiger partial charge on any atom is -0.354 e. The fourth-order valence-corrected chi connectivity index (χ4v) is 2.83. The van der Waals surface area contributed by atoms with E-state index in [-0.39, 0.29) is 5.91 Å². The number of hydrogen-bond donors (Lipinski definition) is 2. The third-order valence-electron chi connectivity index (χ3n) is 4.55. The zero-order chi connectivity index (χ0) is 19.9. The number of rotatable bonds is 6. The van der Waals surface area contributed by atoms with E-state index in [0.29, 0.717) is 5.92 Å². The summed E-state index contributed by atoms with van der Waals surface area (Å²) in [5.41, 5.74) is 6.08. The Kier molecular flexibility index (Phi) is 6.28. The third kappa shape index (κ3) is 5.34. The molecule has 0 atom stereocenters. The molecule has 0 fully saturated rings. The molecule has 0 radical (unpaired) electrons. The molecule has 0 spiro atoms. The Morgan fingerprint density at radius 1 is 0.857 bits per heavy atom. The van der Waals surface area contributed by atoms with E-state index in [1.807, 2.05) is 54.6 Å². The van der Waals surface area contributed by atoms with Crippen LogP contribution in [0.3, 0.4) is 0 Å². The second-order valence-electron chi connectivity index (χ2n) is 7.18. The fraction of sp³-hybridized carbons (Fsp3) is 0.160. The molecule has 3 aromatic rings. The summed E-state index contributed by atoms with van der Waals surface area (Å²) in [6, 6.07) is 24.1. The predicted octanol–water partition coefficient (Wildman–Crippen LogP) is 6.51. The molecule has 3 heteroatoms. The van der Waals surface area contributed by atoms with Gasteiger partial charge in [0.05, 0.1) is 11.4 Å². The van der Waals surface area contributed by atoms with Crippen molar-refractivity contribution in [2.45, 2.75) is 26.7 Å². The lowest BCUT2D eigenvalue weighted by molar-refractivity contribution is -0.111. The number of amides is 1. The van der Waals surface area contributed by atoms with E-state index in [4.69, 9.17) is 0 Å². The van der Waals surface area contributed by atoms with Gasteiger partial charge in [0.1, 0.15) is 0 Å². The summed E-state index contributed by atoms with van der Waals surface area (Å²) in [5.74, 6) is 0.338. The van der Waals surface area contributed by atoms with E-state index in [9.17, 15) is 4.79 Å². The van der Waals surface area contributed by atoms with Gasteiger partial charge in [-0.15, -0.1) is 0 Å². The maximum atomic E-state index is 12.4. The minimum absolute atomic E-state index is 0.161. The van der Waals surface area contributed by atoms with E-state index in [2.05, 4.69) is 55.7 Å². The molecule has 0 bridgehead atoms. The van der Waals surface area contributed by atoms with E-state index in [0.717, 1.165) is 22.6 Å². The Hall–Kier alpha value is -3.33. The molecule has 0 aliphatic heterocycles. The first-order valence-corrected chi connectivity index (χ1v) is 9.53.